The average Bonchev–Trinajstić information content (AvgIpc) is 3.24. The highest BCUT2D eigenvalue weighted by molar-refractivity contribution is 7.08. The number of aromatic amines is 1. The quantitative estimate of drug-likeness (QED) is 0.801. The van der Waals surface area contributed by atoms with E-state index < -0.39 is 0 Å². The highest BCUT2D eigenvalue weighted by atomic mass is 32.1. The van der Waals surface area contributed by atoms with Crippen LogP contribution in [0.5, 0.6) is 0 Å². The first-order valence-corrected chi connectivity index (χ1v) is 8.69. The highest BCUT2D eigenvalue weighted by Gasteiger charge is 2.27. The molecule has 0 aromatic carbocycles. The van der Waals surface area contributed by atoms with Gasteiger partial charge in [-0.3, -0.25) is 9.89 Å². The van der Waals surface area contributed by atoms with Gasteiger partial charge in [-0.15, -0.1) is 0 Å². The topological polar surface area (TPSA) is 74.8 Å². The summed E-state index contributed by atoms with van der Waals surface area (Å²) < 4.78 is 0. The van der Waals surface area contributed by atoms with Crippen LogP contribution in [0.4, 0.5) is 0 Å². The number of likely N-dealkylation sites (tertiary alicyclic amines) is 1. The minimum atomic E-state index is 0.197. The second kappa shape index (κ2) is 6.08. The summed E-state index contributed by atoms with van der Waals surface area (Å²) in [5.74, 6) is 0.444. The van der Waals surface area contributed by atoms with Crippen LogP contribution in [0.2, 0.25) is 0 Å². The lowest BCUT2D eigenvalue weighted by atomic mass is 9.94. The summed E-state index contributed by atoms with van der Waals surface area (Å²) in [6, 6.07) is 2.02. The van der Waals surface area contributed by atoms with Gasteiger partial charge in [0.15, 0.2) is 5.65 Å². The Bertz CT molecular complexity index is 813. The predicted octanol–water partition coefficient (Wildman–Crippen LogP) is 2.36. The van der Waals surface area contributed by atoms with Gasteiger partial charge in [0.2, 0.25) is 5.91 Å². The first-order chi connectivity index (χ1) is 11.3. The molecule has 7 heteroatoms. The van der Waals surface area contributed by atoms with E-state index in [0.29, 0.717) is 12.1 Å². The fourth-order valence-corrected chi connectivity index (χ4v) is 3.84. The zero-order valence-corrected chi connectivity index (χ0v) is 13.4. The third-order valence-electron chi connectivity index (χ3n) is 4.33. The van der Waals surface area contributed by atoms with E-state index in [0.717, 1.165) is 42.7 Å². The molecule has 0 aliphatic carbocycles. The summed E-state index contributed by atoms with van der Waals surface area (Å²) in [5, 5.41) is 11.4. The third-order valence-corrected chi connectivity index (χ3v) is 5.07. The number of aromatic nitrogens is 4. The van der Waals surface area contributed by atoms with E-state index in [1.54, 1.807) is 23.7 Å². The molecule has 0 bridgehead atoms. The lowest BCUT2D eigenvalue weighted by Crippen LogP contribution is -2.40. The van der Waals surface area contributed by atoms with Gasteiger partial charge in [-0.25, -0.2) is 9.97 Å². The second-order valence-electron chi connectivity index (χ2n) is 5.85. The molecule has 4 heterocycles. The van der Waals surface area contributed by atoms with E-state index >= 15 is 0 Å². The van der Waals surface area contributed by atoms with Gasteiger partial charge in [-0.1, -0.05) is 0 Å². The standard InChI is InChI=1S/C16H17N5OS/c22-13(8-11-3-7-23-10-11)21-6-1-2-12(9-21)14-15-16(20-19-14)18-5-4-17-15/h3-5,7,10,12H,1-2,6,8-9H2,(H,18,19,20)/t12-/m1/s1. The van der Waals surface area contributed by atoms with Crippen molar-refractivity contribution in [1.29, 1.82) is 0 Å². The van der Waals surface area contributed by atoms with Crippen LogP contribution in [-0.4, -0.2) is 44.1 Å². The number of H-pyrrole nitrogens is 1. The molecule has 1 amide bonds. The van der Waals surface area contributed by atoms with Crippen molar-refractivity contribution in [3.8, 4) is 0 Å². The Hall–Kier alpha value is -2.28. The number of rotatable bonds is 3. The van der Waals surface area contributed by atoms with Crippen molar-refractivity contribution in [1.82, 2.24) is 25.1 Å². The number of thiophene rings is 1. The zero-order chi connectivity index (χ0) is 15.6. The number of carbonyl (C=O) groups is 1. The number of carbonyl (C=O) groups excluding carboxylic acids is 1. The van der Waals surface area contributed by atoms with Crippen molar-refractivity contribution in [2.24, 2.45) is 0 Å². The SMILES string of the molecule is O=C(Cc1ccsc1)N1CCC[C@@H](c2[nH]nc3nccnc23)C1. The smallest absolute Gasteiger partial charge is 0.227 e. The molecule has 1 atom stereocenters. The maximum atomic E-state index is 12.5. The molecule has 1 N–H and O–H groups in total. The zero-order valence-electron chi connectivity index (χ0n) is 12.6. The number of hydrogen-bond acceptors (Lipinski definition) is 5. The first kappa shape index (κ1) is 14.3. The van der Waals surface area contributed by atoms with E-state index in [1.165, 1.54) is 0 Å². The lowest BCUT2D eigenvalue weighted by Gasteiger charge is -2.32. The number of piperidine rings is 1. The van der Waals surface area contributed by atoms with E-state index in [9.17, 15) is 4.79 Å². The molecule has 1 aliphatic rings. The summed E-state index contributed by atoms with van der Waals surface area (Å²) in [7, 11) is 0. The number of nitrogens with one attached hydrogen (secondary N) is 1. The third kappa shape index (κ3) is 2.84. The molecule has 0 unspecified atom stereocenters. The molecule has 3 aromatic heterocycles. The van der Waals surface area contributed by atoms with E-state index in [2.05, 4.69) is 20.2 Å². The van der Waals surface area contributed by atoms with Crippen LogP contribution < -0.4 is 0 Å². The second-order valence-corrected chi connectivity index (χ2v) is 6.63. The summed E-state index contributed by atoms with van der Waals surface area (Å²) in [6.07, 6.45) is 5.85. The van der Waals surface area contributed by atoms with Gasteiger partial charge in [0.1, 0.15) is 5.52 Å². The molecule has 1 saturated heterocycles. The number of hydrogen-bond donors (Lipinski definition) is 1. The Morgan fingerprint density at radius 2 is 2.30 bits per heavy atom. The van der Waals surface area contributed by atoms with Crippen molar-refractivity contribution in [3.63, 3.8) is 0 Å². The Kier molecular flexibility index (Phi) is 3.78. The monoisotopic (exact) mass is 327 g/mol. The molecule has 4 rings (SSSR count). The van der Waals surface area contributed by atoms with Crippen molar-refractivity contribution in [2.45, 2.75) is 25.2 Å². The van der Waals surface area contributed by atoms with Crippen LogP contribution in [0.3, 0.4) is 0 Å². The Labute approximate surface area is 137 Å². The fraction of sp³-hybridized carbons (Fsp3) is 0.375. The first-order valence-electron chi connectivity index (χ1n) is 7.75. The molecule has 0 spiro atoms. The van der Waals surface area contributed by atoms with Gasteiger partial charge < -0.3 is 4.90 Å². The predicted molar refractivity (Wildman–Crippen MR) is 88.3 cm³/mol. The van der Waals surface area contributed by atoms with Crippen molar-refractivity contribution in [3.05, 3.63) is 40.5 Å². The van der Waals surface area contributed by atoms with Crippen LogP contribution >= 0.6 is 11.3 Å². The molecule has 1 fully saturated rings. The Morgan fingerprint density at radius 1 is 1.39 bits per heavy atom. The minimum Gasteiger partial charge on any atom is -0.342 e. The Balaban J connectivity index is 1.51. The summed E-state index contributed by atoms with van der Waals surface area (Å²) in [5.41, 5.74) is 3.56. The number of nitrogens with zero attached hydrogens (tertiary/aromatic N) is 4. The lowest BCUT2D eigenvalue weighted by molar-refractivity contribution is -0.131. The van der Waals surface area contributed by atoms with Crippen molar-refractivity contribution >= 4 is 28.4 Å². The Morgan fingerprint density at radius 3 is 3.17 bits per heavy atom. The number of fused-ring (bicyclic) bond motifs is 1. The minimum absolute atomic E-state index is 0.197. The van der Waals surface area contributed by atoms with E-state index in [1.807, 2.05) is 21.7 Å². The van der Waals surface area contributed by atoms with Crippen LogP contribution in [-0.2, 0) is 11.2 Å². The van der Waals surface area contributed by atoms with Crippen LogP contribution in [0.15, 0.2) is 29.2 Å². The van der Waals surface area contributed by atoms with Crippen LogP contribution in [0.25, 0.3) is 11.2 Å². The van der Waals surface area contributed by atoms with Gasteiger partial charge in [0, 0.05) is 31.4 Å². The molecule has 6 nitrogen and oxygen atoms in total. The van der Waals surface area contributed by atoms with Crippen molar-refractivity contribution in [2.75, 3.05) is 13.1 Å². The van der Waals surface area contributed by atoms with Crippen molar-refractivity contribution < 1.29 is 4.79 Å². The van der Waals surface area contributed by atoms with E-state index in [4.69, 9.17) is 0 Å². The van der Waals surface area contributed by atoms with Gasteiger partial charge in [0.25, 0.3) is 0 Å². The normalized spacial score (nSPS) is 18.4. The number of amides is 1. The van der Waals surface area contributed by atoms with Gasteiger partial charge in [0.05, 0.1) is 12.1 Å². The molecular formula is C16H17N5OS. The van der Waals surface area contributed by atoms with Crippen LogP contribution in [0, 0.1) is 0 Å². The molecule has 3 aromatic rings. The molecular weight excluding hydrogens is 310 g/mol. The molecule has 0 saturated carbocycles. The molecule has 23 heavy (non-hydrogen) atoms. The highest BCUT2D eigenvalue weighted by Crippen LogP contribution is 2.29. The molecule has 0 radical (unpaired) electrons. The maximum absolute atomic E-state index is 12.5. The summed E-state index contributed by atoms with van der Waals surface area (Å²) in [4.78, 5) is 23.1. The van der Waals surface area contributed by atoms with Gasteiger partial charge in [-0.2, -0.15) is 16.4 Å². The molecule has 118 valence electrons. The largest absolute Gasteiger partial charge is 0.342 e. The summed E-state index contributed by atoms with van der Waals surface area (Å²) >= 11 is 1.63. The average molecular weight is 327 g/mol. The fourth-order valence-electron chi connectivity index (χ4n) is 3.17. The summed E-state index contributed by atoms with van der Waals surface area (Å²) in [6.45, 7) is 1.55. The van der Waals surface area contributed by atoms with E-state index in [-0.39, 0.29) is 11.8 Å². The van der Waals surface area contributed by atoms with Gasteiger partial charge in [-0.05, 0) is 35.2 Å². The molecule has 1 aliphatic heterocycles. The maximum Gasteiger partial charge on any atom is 0.227 e. The van der Waals surface area contributed by atoms with Gasteiger partial charge >= 0.3 is 0 Å². The van der Waals surface area contributed by atoms with Crippen LogP contribution in [0.1, 0.15) is 30.0 Å².